The predicted octanol–water partition coefficient (Wildman–Crippen LogP) is 0.751. The summed E-state index contributed by atoms with van der Waals surface area (Å²) in [6.07, 6.45) is -0.0284. The van der Waals surface area contributed by atoms with E-state index in [4.69, 9.17) is 9.84 Å². The Balaban J connectivity index is 1.73. The molecule has 2 atom stereocenters. The average Bonchev–Trinajstić information content (AvgIpc) is 2.81. The topological polar surface area (TPSA) is 70.1 Å². The molecule has 136 valence electrons. The first-order chi connectivity index (χ1) is 11.9. The number of amides is 1. The Kier molecular flexibility index (Phi) is 5.29. The SMILES string of the molecule is O=C(O)CN1C[C@@H]2COC[C@H](C1)N(C(=O)Cc1ccc(F)c(F)c1)C2. The van der Waals surface area contributed by atoms with Gasteiger partial charge in [-0.2, -0.15) is 0 Å². The van der Waals surface area contributed by atoms with Gasteiger partial charge in [-0.15, -0.1) is 0 Å². The Hall–Kier alpha value is -2.06. The Bertz CT molecular complexity index is 670. The summed E-state index contributed by atoms with van der Waals surface area (Å²) in [4.78, 5) is 27.2. The molecule has 2 bridgehead atoms. The average molecular weight is 354 g/mol. The number of aliphatic carboxylic acids is 1. The molecule has 3 rings (SSSR count). The third-order valence-electron chi connectivity index (χ3n) is 4.56. The van der Waals surface area contributed by atoms with E-state index < -0.39 is 17.6 Å². The second-order valence-electron chi connectivity index (χ2n) is 6.62. The maximum absolute atomic E-state index is 13.3. The normalized spacial score (nSPS) is 24.0. The summed E-state index contributed by atoms with van der Waals surface area (Å²) in [5.74, 6) is -2.99. The molecule has 0 saturated carbocycles. The van der Waals surface area contributed by atoms with E-state index in [1.54, 1.807) is 4.90 Å². The minimum Gasteiger partial charge on any atom is -0.480 e. The number of hydrogen-bond acceptors (Lipinski definition) is 4. The molecule has 25 heavy (non-hydrogen) atoms. The van der Waals surface area contributed by atoms with Crippen molar-refractivity contribution in [2.45, 2.75) is 12.5 Å². The second-order valence-corrected chi connectivity index (χ2v) is 6.62. The van der Waals surface area contributed by atoms with Crippen LogP contribution in [0.1, 0.15) is 5.56 Å². The number of hydrogen-bond donors (Lipinski definition) is 1. The van der Waals surface area contributed by atoms with Crippen LogP contribution >= 0.6 is 0 Å². The number of benzene rings is 1. The second kappa shape index (κ2) is 7.45. The monoisotopic (exact) mass is 354 g/mol. The molecule has 0 aliphatic carbocycles. The summed E-state index contributed by atoms with van der Waals surface area (Å²) in [5, 5.41) is 9.02. The lowest BCUT2D eigenvalue weighted by molar-refractivity contribution is -0.138. The van der Waals surface area contributed by atoms with Crippen LogP contribution in [-0.4, -0.2) is 72.2 Å². The smallest absolute Gasteiger partial charge is 0.317 e. The highest BCUT2D eigenvalue weighted by Crippen LogP contribution is 2.21. The highest BCUT2D eigenvalue weighted by atomic mass is 19.2. The van der Waals surface area contributed by atoms with Crippen molar-refractivity contribution in [3.8, 4) is 0 Å². The molecule has 2 fully saturated rings. The van der Waals surface area contributed by atoms with E-state index in [0.29, 0.717) is 38.4 Å². The third kappa shape index (κ3) is 4.32. The molecule has 1 aromatic carbocycles. The first-order valence-electron chi connectivity index (χ1n) is 8.17. The maximum atomic E-state index is 13.3. The summed E-state index contributed by atoms with van der Waals surface area (Å²) in [7, 11) is 0. The van der Waals surface area contributed by atoms with Crippen LogP contribution in [-0.2, 0) is 20.7 Å². The molecular weight excluding hydrogens is 334 g/mol. The number of halogens is 2. The summed E-state index contributed by atoms with van der Waals surface area (Å²) in [6, 6.07) is 3.19. The van der Waals surface area contributed by atoms with Crippen molar-refractivity contribution < 1.29 is 28.2 Å². The summed E-state index contributed by atoms with van der Waals surface area (Å²) >= 11 is 0. The zero-order chi connectivity index (χ0) is 18.0. The van der Waals surface area contributed by atoms with E-state index >= 15 is 0 Å². The molecule has 2 heterocycles. The first-order valence-corrected chi connectivity index (χ1v) is 8.17. The Morgan fingerprint density at radius 2 is 1.96 bits per heavy atom. The van der Waals surface area contributed by atoms with E-state index in [1.165, 1.54) is 6.07 Å². The third-order valence-corrected chi connectivity index (χ3v) is 4.56. The molecule has 8 heteroatoms. The van der Waals surface area contributed by atoms with Crippen molar-refractivity contribution in [1.82, 2.24) is 9.80 Å². The number of fused-ring (bicyclic) bond motifs is 3. The molecule has 0 aromatic heterocycles. The van der Waals surface area contributed by atoms with Crippen LogP contribution < -0.4 is 0 Å². The van der Waals surface area contributed by atoms with Crippen molar-refractivity contribution in [3.63, 3.8) is 0 Å². The number of nitrogens with zero attached hydrogens (tertiary/aromatic N) is 2. The van der Waals surface area contributed by atoms with Gasteiger partial charge in [-0.25, -0.2) is 8.78 Å². The van der Waals surface area contributed by atoms with Crippen LogP contribution in [0.25, 0.3) is 0 Å². The van der Waals surface area contributed by atoms with Crippen LogP contribution in [0.15, 0.2) is 18.2 Å². The van der Waals surface area contributed by atoms with Gasteiger partial charge in [0.2, 0.25) is 5.91 Å². The highest BCUT2D eigenvalue weighted by Gasteiger charge is 2.36. The first kappa shape index (κ1) is 17.8. The minimum atomic E-state index is -0.976. The van der Waals surface area contributed by atoms with E-state index in [2.05, 4.69) is 0 Å². The molecule has 2 saturated heterocycles. The summed E-state index contributed by atoms with van der Waals surface area (Å²) in [5.41, 5.74) is 0.408. The van der Waals surface area contributed by atoms with Gasteiger partial charge in [-0.3, -0.25) is 14.5 Å². The van der Waals surface area contributed by atoms with E-state index in [1.807, 2.05) is 4.90 Å². The van der Waals surface area contributed by atoms with Crippen molar-refractivity contribution in [2.24, 2.45) is 5.92 Å². The van der Waals surface area contributed by atoms with Crippen LogP contribution in [0.2, 0.25) is 0 Å². The van der Waals surface area contributed by atoms with Gasteiger partial charge in [0.15, 0.2) is 11.6 Å². The van der Waals surface area contributed by atoms with Crippen molar-refractivity contribution in [3.05, 3.63) is 35.4 Å². The molecule has 2 aliphatic heterocycles. The number of carboxylic acid groups (broad SMARTS) is 1. The molecule has 1 N–H and O–H groups in total. The fourth-order valence-electron chi connectivity index (χ4n) is 3.49. The zero-order valence-corrected chi connectivity index (χ0v) is 13.7. The maximum Gasteiger partial charge on any atom is 0.317 e. The molecule has 0 unspecified atom stereocenters. The molecule has 1 amide bonds. The molecule has 6 nitrogen and oxygen atoms in total. The standard InChI is InChI=1S/C17H20F2N2O4/c18-14-2-1-11(3-15(14)19)4-16(22)21-6-12-5-20(8-17(23)24)7-13(21)10-25-9-12/h1-3,12-13H,4-10H2,(H,23,24)/t12-,13-/m0/s1. The van der Waals surface area contributed by atoms with Gasteiger partial charge in [0.1, 0.15) is 0 Å². The largest absolute Gasteiger partial charge is 0.480 e. The van der Waals surface area contributed by atoms with Gasteiger partial charge in [0.25, 0.3) is 0 Å². The molecular formula is C17H20F2N2O4. The lowest BCUT2D eigenvalue weighted by atomic mass is 10.1. The fraction of sp³-hybridized carbons (Fsp3) is 0.529. The van der Waals surface area contributed by atoms with Gasteiger partial charge in [-0.05, 0) is 17.7 Å². The van der Waals surface area contributed by atoms with Crippen molar-refractivity contribution in [1.29, 1.82) is 0 Å². The van der Waals surface area contributed by atoms with Gasteiger partial charge in [0, 0.05) is 25.6 Å². The Labute approximate surface area is 144 Å². The predicted molar refractivity (Wildman–Crippen MR) is 83.9 cm³/mol. The van der Waals surface area contributed by atoms with Crippen LogP contribution in [0.4, 0.5) is 8.78 Å². The molecule has 1 aromatic rings. The minimum absolute atomic E-state index is 0.0284. The number of carbonyl (C=O) groups is 2. The van der Waals surface area contributed by atoms with Gasteiger partial charge >= 0.3 is 5.97 Å². The number of carboxylic acids is 1. The van der Waals surface area contributed by atoms with Gasteiger partial charge in [-0.1, -0.05) is 6.07 Å². The van der Waals surface area contributed by atoms with Crippen LogP contribution in [0.3, 0.4) is 0 Å². The van der Waals surface area contributed by atoms with E-state index in [0.717, 1.165) is 12.1 Å². The van der Waals surface area contributed by atoms with E-state index in [-0.39, 0.29) is 30.8 Å². The van der Waals surface area contributed by atoms with Crippen LogP contribution in [0.5, 0.6) is 0 Å². The quantitative estimate of drug-likeness (QED) is 0.864. The Morgan fingerprint density at radius 1 is 1.16 bits per heavy atom. The molecule has 2 aliphatic rings. The molecule has 0 radical (unpaired) electrons. The fourth-order valence-corrected chi connectivity index (χ4v) is 3.49. The van der Waals surface area contributed by atoms with E-state index in [9.17, 15) is 18.4 Å². The summed E-state index contributed by atoms with van der Waals surface area (Å²) < 4.78 is 32.0. The Morgan fingerprint density at radius 3 is 2.68 bits per heavy atom. The van der Waals surface area contributed by atoms with Crippen molar-refractivity contribution in [2.75, 3.05) is 39.4 Å². The number of carbonyl (C=O) groups excluding carboxylic acids is 1. The van der Waals surface area contributed by atoms with Crippen LogP contribution in [0, 0.1) is 17.6 Å². The zero-order valence-electron chi connectivity index (χ0n) is 13.7. The lowest BCUT2D eigenvalue weighted by Crippen LogP contribution is -2.47. The molecule has 0 spiro atoms. The van der Waals surface area contributed by atoms with Gasteiger partial charge < -0.3 is 14.7 Å². The lowest BCUT2D eigenvalue weighted by Gasteiger charge is -2.30. The highest BCUT2D eigenvalue weighted by molar-refractivity contribution is 5.79. The summed E-state index contributed by atoms with van der Waals surface area (Å²) in [6.45, 7) is 2.20. The number of ether oxygens (including phenoxy) is 1. The van der Waals surface area contributed by atoms with Gasteiger partial charge in [0.05, 0.1) is 32.2 Å². The number of rotatable bonds is 4. The van der Waals surface area contributed by atoms with Crippen molar-refractivity contribution >= 4 is 11.9 Å².